The van der Waals surface area contributed by atoms with Crippen LogP contribution in [0.2, 0.25) is 0 Å². The van der Waals surface area contributed by atoms with Crippen molar-refractivity contribution in [3.05, 3.63) is 28.2 Å². The maximum atomic E-state index is 12.0. The first-order chi connectivity index (χ1) is 9.29. The van der Waals surface area contributed by atoms with Gasteiger partial charge in [-0.1, -0.05) is 15.9 Å². The van der Waals surface area contributed by atoms with Gasteiger partial charge in [-0.2, -0.15) is 0 Å². The van der Waals surface area contributed by atoms with Crippen LogP contribution in [0, 0.1) is 0 Å². The van der Waals surface area contributed by atoms with E-state index in [-0.39, 0.29) is 6.04 Å². The number of sulfone groups is 1. The monoisotopic (exact) mass is 361 g/mol. The number of halogens is 1. The first-order valence-electron chi connectivity index (χ1n) is 6.20. The largest absolute Gasteiger partial charge is 0.493 e. The number of carbonyl (C=O) groups excluding carboxylic acids is 1. The predicted molar refractivity (Wildman–Crippen MR) is 79.4 cm³/mol. The van der Waals surface area contributed by atoms with Crippen molar-refractivity contribution in [2.45, 2.75) is 24.6 Å². The van der Waals surface area contributed by atoms with Gasteiger partial charge >= 0.3 is 0 Å². The molecule has 2 atom stereocenters. The molecule has 0 spiro atoms. The number of carbonyl (C=O) groups is 1. The quantitative estimate of drug-likeness (QED) is 0.891. The van der Waals surface area contributed by atoms with Crippen molar-refractivity contribution in [3.63, 3.8) is 0 Å². The fourth-order valence-electron chi connectivity index (χ4n) is 2.00. The van der Waals surface area contributed by atoms with Crippen LogP contribution in [-0.2, 0) is 14.6 Å². The number of amides is 1. The molecule has 0 aliphatic carbocycles. The van der Waals surface area contributed by atoms with E-state index in [1.54, 1.807) is 0 Å². The van der Waals surface area contributed by atoms with E-state index in [0.717, 1.165) is 22.0 Å². The molecule has 1 aromatic carbocycles. The van der Waals surface area contributed by atoms with Gasteiger partial charge in [0.1, 0.15) is 11.0 Å². The van der Waals surface area contributed by atoms with Gasteiger partial charge in [-0.25, -0.2) is 8.42 Å². The Morgan fingerprint density at radius 2 is 2.20 bits per heavy atom. The number of rotatable bonds is 3. The molecular weight excluding hydrogens is 346 g/mol. The summed E-state index contributed by atoms with van der Waals surface area (Å²) in [5.41, 5.74) is 0.861. The molecule has 0 saturated carbocycles. The summed E-state index contributed by atoms with van der Waals surface area (Å²) in [6.07, 6.45) is 1.68. The molecule has 5 nitrogen and oxygen atoms in total. The number of hydrogen-bond acceptors (Lipinski definition) is 4. The average Bonchev–Trinajstić information content (AvgIpc) is 2.37. The van der Waals surface area contributed by atoms with Gasteiger partial charge in [0.15, 0.2) is 9.84 Å². The lowest BCUT2D eigenvalue weighted by molar-refractivity contribution is -0.121. The first kappa shape index (κ1) is 15.3. The summed E-state index contributed by atoms with van der Waals surface area (Å²) in [4.78, 5) is 12.0. The number of benzene rings is 1. The maximum absolute atomic E-state index is 12.0. The molecule has 1 N–H and O–H groups in total. The van der Waals surface area contributed by atoms with Crippen LogP contribution >= 0.6 is 15.9 Å². The Labute approximate surface area is 126 Å². The Morgan fingerprint density at radius 1 is 1.50 bits per heavy atom. The van der Waals surface area contributed by atoms with Crippen LogP contribution in [0.25, 0.3) is 0 Å². The van der Waals surface area contributed by atoms with Gasteiger partial charge in [0.25, 0.3) is 0 Å². The first-order valence-corrected chi connectivity index (χ1v) is 8.95. The van der Waals surface area contributed by atoms with Gasteiger partial charge in [0.05, 0.1) is 12.6 Å². The fraction of sp³-hybridized carbons (Fsp3) is 0.462. The van der Waals surface area contributed by atoms with Gasteiger partial charge in [-0.15, -0.1) is 0 Å². The number of nitrogens with one attached hydrogen (secondary N) is 1. The third-order valence-electron chi connectivity index (χ3n) is 3.34. The van der Waals surface area contributed by atoms with E-state index < -0.39 is 21.0 Å². The Hall–Kier alpha value is -1.08. The molecule has 7 heteroatoms. The number of hydrogen-bond donors (Lipinski definition) is 1. The van der Waals surface area contributed by atoms with Crippen LogP contribution in [0.1, 0.15) is 24.9 Å². The van der Waals surface area contributed by atoms with E-state index in [1.165, 1.54) is 6.92 Å². The average molecular weight is 362 g/mol. The number of fused-ring (bicyclic) bond motifs is 1. The van der Waals surface area contributed by atoms with Crippen molar-refractivity contribution in [1.29, 1.82) is 0 Å². The minimum Gasteiger partial charge on any atom is -0.493 e. The minimum absolute atomic E-state index is 0.229. The third-order valence-corrected chi connectivity index (χ3v) is 5.33. The van der Waals surface area contributed by atoms with E-state index in [9.17, 15) is 13.2 Å². The summed E-state index contributed by atoms with van der Waals surface area (Å²) < 4.78 is 29.3. The molecule has 1 aliphatic heterocycles. The number of ether oxygens (including phenoxy) is 1. The van der Waals surface area contributed by atoms with Crippen LogP contribution in [0.4, 0.5) is 0 Å². The van der Waals surface area contributed by atoms with Crippen molar-refractivity contribution < 1.29 is 17.9 Å². The van der Waals surface area contributed by atoms with E-state index >= 15 is 0 Å². The normalized spacial score (nSPS) is 19.6. The molecule has 0 aromatic heterocycles. The molecular formula is C13H16BrNO4S. The van der Waals surface area contributed by atoms with Crippen molar-refractivity contribution in [2.75, 3.05) is 12.9 Å². The van der Waals surface area contributed by atoms with Crippen LogP contribution < -0.4 is 10.1 Å². The summed E-state index contributed by atoms with van der Waals surface area (Å²) in [5, 5.41) is 1.73. The third kappa shape index (κ3) is 3.32. The molecule has 0 unspecified atom stereocenters. The molecule has 2 rings (SSSR count). The molecule has 0 bridgehead atoms. The van der Waals surface area contributed by atoms with E-state index in [4.69, 9.17) is 4.74 Å². The highest BCUT2D eigenvalue weighted by Gasteiger charge is 2.28. The van der Waals surface area contributed by atoms with Crippen molar-refractivity contribution >= 4 is 31.7 Å². The summed E-state index contributed by atoms with van der Waals surface area (Å²) in [6.45, 7) is 1.89. The molecule has 20 heavy (non-hydrogen) atoms. The molecule has 1 aliphatic rings. The Kier molecular flexibility index (Phi) is 4.39. The highest BCUT2D eigenvalue weighted by atomic mass is 79.9. The topological polar surface area (TPSA) is 72.5 Å². The van der Waals surface area contributed by atoms with Gasteiger partial charge < -0.3 is 10.1 Å². The summed E-state index contributed by atoms with van der Waals surface area (Å²) in [6, 6.07) is 5.35. The van der Waals surface area contributed by atoms with Crippen molar-refractivity contribution in [3.8, 4) is 5.75 Å². The summed E-state index contributed by atoms with van der Waals surface area (Å²) in [7, 11) is -3.39. The van der Waals surface area contributed by atoms with Crippen LogP contribution in [-0.4, -0.2) is 32.4 Å². The zero-order valence-corrected chi connectivity index (χ0v) is 13.6. The van der Waals surface area contributed by atoms with Gasteiger partial charge in [-0.05, 0) is 25.1 Å². The lowest BCUT2D eigenvalue weighted by Gasteiger charge is -2.27. The van der Waals surface area contributed by atoms with E-state index in [2.05, 4.69) is 21.2 Å². The zero-order chi connectivity index (χ0) is 14.9. The van der Waals surface area contributed by atoms with E-state index in [0.29, 0.717) is 13.0 Å². The lowest BCUT2D eigenvalue weighted by atomic mass is 10.0. The van der Waals surface area contributed by atoms with Crippen LogP contribution in [0.5, 0.6) is 5.75 Å². The fourth-order valence-corrected chi connectivity index (χ4v) is 2.83. The Bertz CT molecular complexity index is 629. The maximum Gasteiger partial charge on any atom is 0.238 e. The molecule has 0 radical (unpaired) electrons. The molecule has 110 valence electrons. The second-order valence-electron chi connectivity index (χ2n) is 4.85. The highest BCUT2D eigenvalue weighted by molar-refractivity contribution is 9.10. The molecule has 1 aromatic rings. The smallest absolute Gasteiger partial charge is 0.238 e. The van der Waals surface area contributed by atoms with Crippen LogP contribution in [0.3, 0.4) is 0 Å². The Balaban J connectivity index is 2.20. The molecule has 1 heterocycles. The summed E-state index contributed by atoms with van der Waals surface area (Å²) in [5.74, 6) is 0.238. The van der Waals surface area contributed by atoms with E-state index in [1.807, 2.05) is 18.2 Å². The van der Waals surface area contributed by atoms with Gasteiger partial charge in [0.2, 0.25) is 5.91 Å². The van der Waals surface area contributed by atoms with Crippen molar-refractivity contribution in [1.82, 2.24) is 5.32 Å². The van der Waals surface area contributed by atoms with Gasteiger partial charge in [0, 0.05) is 22.7 Å². The lowest BCUT2D eigenvalue weighted by Crippen LogP contribution is -2.40. The van der Waals surface area contributed by atoms with Crippen LogP contribution in [0.15, 0.2) is 22.7 Å². The zero-order valence-electron chi connectivity index (χ0n) is 11.2. The second kappa shape index (κ2) is 5.73. The predicted octanol–water partition coefficient (Wildman–Crippen LogP) is 1.82. The Morgan fingerprint density at radius 3 is 2.85 bits per heavy atom. The van der Waals surface area contributed by atoms with Crippen molar-refractivity contribution in [2.24, 2.45) is 0 Å². The molecule has 1 amide bonds. The SMILES string of the molecule is C[C@H](C(=O)N[C@@H]1CCOc2ccc(Br)cc21)S(C)(=O)=O. The standard InChI is InChI=1S/C13H16BrNO4S/c1-8(20(2,17)18)13(16)15-11-5-6-19-12-4-3-9(14)7-10(11)12/h3-4,7-8,11H,5-6H2,1-2H3,(H,15,16)/t8-,11-/m1/s1. The molecule has 0 saturated heterocycles. The summed E-state index contributed by atoms with van der Waals surface area (Å²) >= 11 is 3.38. The minimum atomic E-state index is -3.39. The molecule has 0 fully saturated rings. The second-order valence-corrected chi connectivity index (χ2v) is 8.13. The van der Waals surface area contributed by atoms with Gasteiger partial charge in [-0.3, -0.25) is 4.79 Å². The highest BCUT2D eigenvalue weighted by Crippen LogP contribution is 2.34.